The summed E-state index contributed by atoms with van der Waals surface area (Å²) in [6.07, 6.45) is -7.85. The molecule has 0 radical (unpaired) electrons. The van der Waals surface area contributed by atoms with E-state index in [2.05, 4.69) is 15.4 Å². The Morgan fingerprint density at radius 1 is 1.00 bits per heavy atom. The summed E-state index contributed by atoms with van der Waals surface area (Å²) in [6, 6.07) is 4.34. The second kappa shape index (κ2) is 9.79. The predicted octanol–water partition coefficient (Wildman–Crippen LogP) is 5.12. The molecule has 1 atom stereocenters. The summed E-state index contributed by atoms with van der Waals surface area (Å²) in [7, 11) is 0. The number of primary amides is 1. The fourth-order valence-electron chi connectivity index (χ4n) is 4.15. The zero-order chi connectivity index (χ0) is 27.8. The number of aromatic nitrogens is 1. The zero-order valence-electron chi connectivity index (χ0n) is 19.2. The molecule has 2 heterocycles. The van der Waals surface area contributed by atoms with Gasteiger partial charge < -0.3 is 26.0 Å². The lowest BCUT2D eigenvalue weighted by Gasteiger charge is -2.24. The predicted molar refractivity (Wildman–Crippen MR) is 122 cm³/mol. The first-order chi connectivity index (χ1) is 17.7. The van der Waals surface area contributed by atoms with Crippen molar-refractivity contribution in [3.05, 3.63) is 54.2 Å². The molecule has 0 spiro atoms. The number of benzene rings is 2. The normalized spacial score (nSPS) is 15.9. The fourth-order valence-corrected chi connectivity index (χ4v) is 4.15. The number of fused-ring (bicyclic) bond motifs is 1. The number of ether oxygens (including phenoxy) is 1. The highest BCUT2D eigenvalue weighted by atomic mass is 19.4. The van der Waals surface area contributed by atoms with E-state index in [1.54, 1.807) is 0 Å². The number of nitrogens with two attached hydrogens (primary N) is 1. The molecule has 1 aliphatic rings. The third-order valence-electron chi connectivity index (χ3n) is 5.76. The topological polar surface area (TPSA) is 119 Å². The SMILES string of the molecule is NC(=O)n1cc(NC(=O)N2CCC[C@H]2C(=O)Nc2cccc(OC(F)(F)F)c2)c2ccc(C(F)(F)F)cc21. The van der Waals surface area contributed by atoms with Gasteiger partial charge in [0.25, 0.3) is 0 Å². The minimum Gasteiger partial charge on any atom is -0.406 e. The molecule has 202 valence electrons. The second-order valence-electron chi connectivity index (χ2n) is 8.33. The first kappa shape index (κ1) is 26.6. The number of alkyl halides is 6. The van der Waals surface area contributed by atoms with E-state index in [1.807, 2.05) is 0 Å². The van der Waals surface area contributed by atoms with Crippen LogP contribution in [0.5, 0.6) is 5.75 Å². The standard InChI is InChI=1S/C23H19F6N5O4/c24-22(25,26)12-6-7-15-16(11-34(20(30)36)18(15)9-12)32-21(37)33-8-2-5-17(33)19(35)31-13-3-1-4-14(10-13)38-23(27,28)29/h1,3-4,6-7,9-11,17H,2,5,8H2,(H2,30,36)(H,31,35)(H,32,37)/t17-/m0/s1. The number of rotatable bonds is 4. The molecule has 1 fully saturated rings. The van der Waals surface area contributed by atoms with E-state index in [0.29, 0.717) is 6.42 Å². The number of carbonyl (C=O) groups is 3. The minimum atomic E-state index is -4.92. The van der Waals surface area contributed by atoms with Crippen LogP contribution in [-0.2, 0) is 11.0 Å². The number of nitrogens with zero attached hydrogens (tertiary/aromatic N) is 2. The van der Waals surface area contributed by atoms with E-state index in [0.717, 1.165) is 41.1 Å². The van der Waals surface area contributed by atoms with Gasteiger partial charge in [-0.15, -0.1) is 13.2 Å². The summed E-state index contributed by atoms with van der Waals surface area (Å²) >= 11 is 0. The molecule has 15 heteroatoms. The van der Waals surface area contributed by atoms with Crippen LogP contribution in [-0.4, -0.2) is 46.4 Å². The second-order valence-corrected chi connectivity index (χ2v) is 8.33. The summed E-state index contributed by atoms with van der Waals surface area (Å²) in [4.78, 5) is 38.8. The van der Waals surface area contributed by atoms with Crippen LogP contribution in [0.25, 0.3) is 10.9 Å². The maximum absolute atomic E-state index is 13.1. The Hall–Kier alpha value is -4.43. The summed E-state index contributed by atoms with van der Waals surface area (Å²) in [5.41, 5.74) is 4.07. The van der Waals surface area contributed by atoms with Crippen LogP contribution < -0.4 is 21.1 Å². The monoisotopic (exact) mass is 543 g/mol. The summed E-state index contributed by atoms with van der Waals surface area (Å²) in [5.74, 6) is -1.22. The van der Waals surface area contributed by atoms with Crippen LogP contribution in [0.3, 0.4) is 0 Å². The molecule has 9 nitrogen and oxygen atoms in total. The number of hydrogen-bond donors (Lipinski definition) is 3. The van der Waals surface area contributed by atoms with E-state index in [-0.39, 0.29) is 35.2 Å². The lowest BCUT2D eigenvalue weighted by molar-refractivity contribution is -0.274. The van der Waals surface area contributed by atoms with E-state index >= 15 is 0 Å². The van der Waals surface area contributed by atoms with Crippen molar-refractivity contribution in [2.45, 2.75) is 31.4 Å². The Morgan fingerprint density at radius 3 is 2.39 bits per heavy atom. The van der Waals surface area contributed by atoms with E-state index in [9.17, 15) is 40.7 Å². The van der Waals surface area contributed by atoms with Crippen LogP contribution in [0.1, 0.15) is 18.4 Å². The molecule has 0 aliphatic carbocycles. The number of amides is 4. The zero-order valence-corrected chi connectivity index (χ0v) is 19.2. The van der Waals surface area contributed by atoms with Gasteiger partial charge in [0, 0.05) is 29.9 Å². The van der Waals surface area contributed by atoms with E-state index in [4.69, 9.17) is 5.73 Å². The molecule has 1 aromatic heterocycles. The number of urea groups is 1. The molecule has 4 amide bonds. The van der Waals surface area contributed by atoms with Crippen molar-refractivity contribution in [3.8, 4) is 5.75 Å². The Balaban J connectivity index is 1.52. The van der Waals surface area contributed by atoms with Gasteiger partial charge in [-0.05, 0) is 37.1 Å². The number of anilines is 2. The smallest absolute Gasteiger partial charge is 0.406 e. The Kier molecular flexibility index (Phi) is 6.86. The molecule has 0 unspecified atom stereocenters. The Bertz CT molecular complexity index is 1400. The van der Waals surface area contributed by atoms with Gasteiger partial charge in [0.2, 0.25) is 5.91 Å². The number of nitrogens with one attached hydrogen (secondary N) is 2. The van der Waals surface area contributed by atoms with Crippen molar-refractivity contribution >= 4 is 40.2 Å². The van der Waals surface area contributed by atoms with Gasteiger partial charge in [-0.3, -0.25) is 9.36 Å². The Labute approximate surface area is 210 Å². The maximum atomic E-state index is 13.1. The maximum Gasteiger partial charge on any atom is 0.573 e. The van der Waals surface area contributed by atoms with Gasteiger partial charge in [-0.25, -0.2) is 9.59 Å². The van der Waals surface area contributed by atoms with Crippen molar-refractivity contribution < 1.29 is 45.5 Å². The molecule has 3 aromatic rings. The summed E-state index contributed by atoms with van der Waals surface area (Å²) in [6.45, 7) is 0.147. The number of likely N-dealkylation sites (tertiary alicyclic amines) is 1. The lowest BCUT2D eigenvalue weighted by Crippen LogP contribution is -2.45. The molecule has 1 saturated heterocycles. The van der Waals surface area contributed by atoms with E-state index in [1.165, 1.54) is 17.0 Å². The van der Waals surface area contributed by atoms with Crippen molar-refractivity contribution in [2.24, 2.45) is 5.73 Å². The first-order valence-corrected chi connectivity index (χ1v) is 11.0. The van der Waals surface area contributed by atoms with Crippen LogP contribution in [0.15, 0.2) is 48.7 Å². The molecule has 4 N–H and O–H groups in total. The van der Waals surface area contributed by atoms with Crippen molar-refractivity contribution in [1.82, 2.24) is 9.47 Å². The average Bonchev–Trinajstić information content (AvgIpc) is 3.43. The average molecular weight is 543 g/mol. The van der Waals surface area contributed by atoms with Gasteiger partial charge in [0.05, 0.1) is 16.8 Å². The first-order valence-electron chi connectivity index (χ1n) is 11.0. The van der Waals surface area contributed by atoms with Crippen molar-refractivity contribution in [3.63, 3.8) is 0 Å². The Morgan fingerprint density at radius 2 is 1.74 bits per heavy atom. The van der Waals surface area contributed by atoms with Crippen molar-refractivity contribution in [2.75, 3.05) is 17.2 Å². The van der Waals surface area contributed by atoms with Crippen LogP contribution in [0.2, 0.25) is 0 Å². The van der Waals surface area contributed by atoms with Gasteiger partial charge in [-0.1, -0.05) is 12.1 Å². The number of carbonyl (C=O) groups excluding carboxylic acids is 3. The third kappa shape index (κ3) is 5.76. The molecular weight excluding hydrogens is 524 g/mol. The molecular formula is C23H19F6N5O4. The van der Waals surface area contributed by atoms with Gasteiger partial charge in [0.15, 0.2) is 0 Å². The quantitative estimate of drug-likeness (QED) is 0.396. The van der Waals surface area contributed by atoms with Crippen molar-refractivity contribution in [1.29, 1.82) is 0 Å². The van der Waals surface area contributed by atoms with Gasteiger partial charge in [0.1, 0.15) is 11.8 Å². The largest absolute Gasteiger partial charge is 0.573 e. The van der Waals surface area contributed by atoms with Gasteiger partial charge >= 0.3 is 24.6 Å². The van der Waals surface area contributed by atoms with Crippen LogP contribution in [0, 0.1) is 0 Å². The summed E-state index contributed by atoms with van der Waals surface area (Å²) < 4.78 is 81.4. The molecule has 1 aliphatic heterocycles. The molecule has 2 aromatic carbocycles. The van der Waals surface area contributed by atoms with E-state index < -0.39 is 47.9 Å². The highest BCUT2D eigenvalue weighted by Crippen LogP contribution is 2.35. The third-order valence-corrected chi connectivity index (χ3v) is 5.76. The van der Waals surface area contributed by atoms with Crippen LogP contribution >= 0.6 is 0 Å². The molecule has 0 saturated carbocycles. The van der Waals surface area contributed by atoms with Crippen LogP contribution in [0.4, 0.5) is 47.3 Å². The summed E-state index contributed by atoms with van der Waals surface area (Å²) in [5, 5.41) is 5.05. The number of halogens is 6. The molecule has 0 bridgehead atoms. The molecule has 38 heavy (non-hydrogen) atoms. The lowest BCUT2D eigenvalue weighted by atomic mass is 10.1. The fraction of sp³-hybridized carbons (Fsp3) is 0.261. The minimum absolute atomic E-state index is 0.00834. The molecule has 4 rings (SSSR count). The number of hydrogen-bond acceptors (Lipinski definition) is 4. The van der Waals surface area contributed by atoms with Gasteiger partial charge in [-0.2, -0.15) is 13.2 Å². The highest BCUT2D eigenvalue weighted by molar-refractivity contribution is 6.06. The highest BCUT2D eigenvalue weighted by Gasteiger charge is 2.36.